The van der Waals surface area contributed by atoms with Crippen LogP contribution < -0.4 is 5.32 Å². The van der Waals surface area contributed by atoms with Crippen molar-refractivity contribution < 1.29 is 9.90 Å². The average molecular weight is 343 g/mol. The first-order chi connectivity index (χ1) is 12.1. The average Bonchev–Trinajstić information content (AvgIpc) is 3.02. The van der Waals surface area contributed by atoms with Crippen molar-refractivity contribution >= 4 is 11.9 Å². The van der Waals surface area contributed by atoms with Crippen molar-refractivity contribution in [2.75, 3.05) is 18.4 Å². The van der Waals surface area contributed by atoms with Crippen molar-refractivity contribution in [3.63, 3.8) is 0 Å². The number of piperidine rings is 1. The number of aryl methyl sites for hydroxylation is 1. The Kier molecular flexibility index (Phi) is 5.78. The molecule has 1 aliphatic heterocycles. The van der Waals surface area contributed by atoms with Crippen LogP contribution in [0.3, 0.4) is 0 Å². The zero-order chi connectivity index (χ0) is 17.6. The number of carbonyl (C=O) groups excluding carboxylic acids is 1. The Morgan fingerprint density at radius 3 is 3.12 bits per heavy atom. The Balaban J connectivity index is 1.62. The molecule has 3 rings (SSSR count). The van der Waals surface area contributed by atoms with E-state index in [0.717, 1.165) is 44.5 Å². The number of carbonyl (C=O) groups is 1. The number of hydrogen-bond acceptors (Lipinski definition) is 5. The molecule has 7 heteroatoms. The number of amides is 1. The molecule has 1 aromatic heterocycles. The van der Waals surface area contributed by atoms with Crippen LogP contribution in [0.4, 0.5) is 5.95 Å². The van der Waals surface area contributed by atoms with E-state index in [2.05, 4.69) is 27.2 Å². The molecular formula is C18H25N5O2. The van der Waals surface area contributed by atoms with Gasteiger partial charge in [0.25, 0.3) is 5.91 Å². The lowest BCUT2D eigenvalue weighted by molar-refractivity contribution is 0.0668. The smallest absolute Gasteiger partial charge is 0.258 e. The van der Waals surface area contributed by atoms with Gasteiger partial charge < -0.3 is 5.11 Å². The van der Waals surface area contributed by atoms with Gasteiger partial charge in [0, 0.05) is 25.2 Å². The molecule has 1 amide bonds. The summed E-state index contributed by atoms with van der Waals surface area (Å²) in [6, 6.07) is 7.56. The quantitative estimate of drug-likeness (QED) is 0.837. The van der Waals surface area contributed by atoms with Crippen LogP contribution in [0.15, 0.2) is 30.6 Å². The Hall–Kier alpha value is -2.25. The van der Waals surface area contributed by atoms with E-state index < -0.39 is 0 Å². The van der Waals surface area contributed by atoms with E-state index in [1.807, 2.05) is 18.2 Å². The SMILES string of the molecule is CCCn1cnc(NC(=O)c2cccc(CN3CCCC(O)C3)c2)n1. The summed E-state index contributed by atoms with van der Waals surface area (Å²) >= 11 is 0. The van der Waals surface area contributed by atoms with E-state index >= 15 is 0 Å². The molecule has 0 saturated carbocycles. The summed E-state index contributed by atoms with van der Waals surface area (Å²) in [7, 11) is 0. The number of hydrogen-bond donors (Lipinski definition) is 2. The van der Waals surface area contributed by atoms with E-state index in [-0.39, 0.29) is 12.0 Å². The van der Waals surface area contributed by atoms with Gasteiger partial charge in [0.05, 0.1) is 6.10 Å². The van der Waals surface area contributed by atoms with Gasteiger partial charge in [-0.15, -0.1) is 5.10 Å². The molecule has 2 N–H and O–H groups in total. The number of nitrogens with one attached hydrogen (secondary N) is 1. The van der Waals surface area contributed by atoms with Gasteiger partial charge in [-0.25, -0.2) is 4.98 Å². The standard InChI is InChI=1S/C18H25N5O2/c1-2-8-23-13-19-18(21-23)20-17(25)15-6-3-5-14(10-15)11-22-9-4-7-16(24)12-22/h3,5-6,10,13,16,24H,2,4,7-9,11-12H2,1H3,(H,20,21,25). The number of β-amino-alcohol motifs (C(OH)–C–C–N with tert-alkyl or cyclic N) is 1. The second kappa shape index (κ2) is 8.22. The first kappa shape index (κ1) is 17.6. The Morgan fingerprint density at radius 1 is 1.44 bits per heavy atom. The zero-order valence-electron chi connectivity index (χ0n) is 14.6. The van der Waals surface area contributed by atoms with Crippen molar-refractivity contribution in [2.45, 2.75) is 45.4 Å². The molecule has 1 unspecified atom stereocenters. The van der Waals surface area contributed by atoms with Crippen LogP contribution in [0.25, 0.3) is 0 Å². The lowest BCUT2D eigenvalue weighted by Gasteiger charge is -2.30. The van der Waals surface area contributed by atoms with Crippen LogP contribution in [0, 0.1) is 0 Å². The molecule has 1 atom stereocenters. The number of aliphatic hydroxyl groups excluding tert-OH is 1. The number of anilines is 1. The predicted octanol–water partition coefficient (Wildman–Crippen LogP) is 1.90. The molecule has 25 heavy (non-hydrogen) atoms. The maximum atomic E-state index is 12.4. The highest BCUT2D eigenvalue weighted by Crippen LogP contribution is 2.15. The molecule has 0 aliphatic carbocycles. The highest BCUT2D eigenvalue weighted by molar-refractivity contribution is 6.03. The van der Waals surface area contributed by atoms with Gasteiger partial charge in [-0.2, -0.15) is 0 Å². The van der Waals surface area contributed by atoms with Crippen LogP contribution >= 0.6 is 0 Å². The molecule has 7 nitrogen and oxygen atoms in total. The van der Waals surface area contributed by atoms with E-state index in [1.54, 1.807) is 17.1 Å². The van der Waals surface area contributed by atoms with Crippen LogP contribution in [0.1, 0.15) is 42.1 Å². The Bertz CT molecular complexity index is 715. The first-order valence-corrected chi connectivity index (χ1v) is 8.84. The van der Waals surface area contributed by atoms with Crippen LogP contribution in [-0.2, 0) is 13.1 Å². The third-order valence-electron chi connectivity index (χ3n) is 4.29. The summed E-state index contributed by atoms with van der Waals surface area (Å²) in [6.45, 7) is 5.25. The minimum absolute atomic E-state index is 0.213. The van der Waals surface area contributed by atoms with Gasteiger partial charge in [0.1, 0.15) is 6.33 Å². The molecular weight excluding hydrogens is 318 g/mol. The third-order valence-corrected chi connectivity index (χ3v) is 4.29. The van der Waals surface area contributed by atoms with E-state index in [4.69, 9.17) is 0 Å². The van der Waals surface area contributed by atoms with Crippen molar-refractivity contribution in [3.05, 3.63) is 41.7 Å². The maximum Gasteiger partial charge on any atom is 0.258 e. The fourth-order valence-corrected chi connectivity index (χ4v) is 3.11. The van der Waals surface area contributed by atoms with Crippen LogP contribution in [0.5, 0.6) is 0 Å². The lowest BCUT2D eigenvalue weighted by Crippen LogP contribution is -2.37. The highest BCUT2D eigenvalue weighted by Gasteiger charge is 2.18. The zero-order valence-corrected chi connectivity index (χ0v) is 14.6. The summed E-state index contributed by atoms with van der Waals surface area (Å²) < 4.78 is 1.72. The molecule has 1 aromatic carbocycles. The minimum atomic E-state index is -0.246. The summed E-state index contributed by atoms with van der Waals surface area (Å²) in [5.41, 5.74) is 1.65. The largest absolute Gasteiger partial charge is 0.392 e. The van der Waals surface area contributed by atoms with E-state index in [0.29, 0.717) is 18.1 Å². The number of benzene rings is 1. The summed E-state index contributed by atoms with van der Waals surface area (Å²) in [5.74, 6) is 0.109. The predicted molar refractivity (Wildman–Crippen MR) is 95.2 cm³/mol. The molecule has 1 fully saturated rings. The number of rotatable bonds is 6. The molecule has 1 aliphatic rings. The van der Waals surface area contributed by atoms with Gasteiger partial charge in [-0.3, -0.25) is 19.7 Å². The Morgan fingerprint density at radius 2 is 2.32 bits per heavy atom. The van der Waals surface area contributed by atoms with Crippen molar-refractivity contribution in [1.29, 1.82) is 0 Å². The second-order valence-electron chi connectivity index (χ2n) is 6.52. The summed E-state index contributed by atoms with van der Waals surface area (Å²) in [5, 5.41) is 16.7. The number of aliphatic hydroxyl groups is 1. The molecule has 134 valence electrons. The summed E-state index contributed by atoms with van der Waals surface area (Å²) in [4.78, 5) is 18.8. The van der Waals surface area contributed by atoms with Crippen molar-refractivity contribution in [3.8, 4) is 0 Å². The Labute approximate surface area is 147 Å². The van der Waals surface area contributed by atoms with Gasteiger partial charge >= 0.3 is 0 Å². The number of likely N-dealkylation sites (tertiary alicyclic amines) is 1. The minimum Gasteiger partial charge on any atom is -0.392 e. The fourth-order valence-electron chi connectivity index (χ4n) is 3.11. The molecule has 0 bridgehead atoms. The van der Waals surface area contributed by atoms with E-state index in [1.165, 1.54) is 0 Å². The lowest BCUT2D eigenvalue weighted by atomic mass is 10.1. The maximum absolute atomic E-state index is 12.4. The van der Waals surface area contributed by atoms with Gasteiger partial charge in [-0.05, 0) is 43.5 Å². The highest BCUT2D eigenvalue weighted by atomic mass is 16.3. The summed E-state index contributed by atoms with van der Waals surface area (Å²) in [6.07, 6.45) is 4.22. The van der Waals surface area contributed by atoms with Gasteiger partial charge in [-0.1, -0.05) is 19.1 Å². The number of aromatic nitrogens is 3. The van der Waals surface area contributed by atoms with Crippen molar-refractivity contribution in [2.24, 2.45) is 0 Å². The van der Waals surface area contributed by atoms with E-state index in [9.17, 15) is 9.90 Å². The normalized spacial score (nSPS) is 18.2. The fraction of sp³-hybridized carbons (Fsp3) is 0.500. The van der Waals surface area contributed by atoms with Crippen LogP contribution in [-0.4, -0.2) is 49.9 Å². The molecule has 0 spiro atoms. The first-order valence-electron chi connectivity index (χ1n) is 8.84. The van der Waals surface area contributed by atoms with Crippen molar-refractivity contribution in [1.82, 2.24) is 19.7 Å². The molecule has 0 radical (unpaired) electrons. The number of nitrogens with zero attached hydrogens (tertiary/aromatic N) is 4. The monoisotopic (exact) mass is 343 g/mol. The topological polar surface area (TPSA) is 83.3 Å². The van der Waals surface area contributed by atoms with Gasteiger partial charge in [0.2, 0.25) is 5.95 Å². The second-order valence-corrected chi connectivity index (χ2v) is 6.52. The van der Waals surface area contributed by atoms with Gasteiger partial charge in [0.15, 0.2) is 0 Å². The molecule has 2 aromatic rings. The third kappa shape index (κ3) is 4.87. The van der Waals surface area contributed by atoms with Crippen LogP contribution in [0.2, 0.25) is 0 Å². The molecule has 1 saturated heterocycles. The molecule has 2 heterocycles.